The van der Waals surface area contributed by atoms with Gasteiger partial charge in [-0.1, -0.05) is 38.2 Å². The smallest absolute Gasteiger partial charge is 0.408 e. The zero-order valence-electron chi connectivity index (χ0n) is 10.5. The predicted molar refractivity (Wildman–Crippen MR) is 75.7 cm³/mol. The fraction of sp³-hybridized carbons (Fsp3) is 0.385. The summed E-state index contributed by atoms with van der Waals surface area (Å²) in [5.41, 5.74) is 6.82. The molecule has 5 heteroatoms. The minimum Gasteiger partial charge on any atom is -0.408 e. The third kappa shape index (κ3) is 2.31. The molecule has 1 aromatic carbocycles. The number of para-hydroxylation sites is 2. The maximum atomic E-state index is 11.8. The van der Waals surface area contributed by atoms with E-state index in [1.165, 1.54) is 0 Å². The molecule has 2 rings (SSSR count). The molecule has 1 heterocycles. The van der Waals surface area contributed by atoms with Crippen LogP contribution in [0.1, 0.15) is 20.3 Å². The maximum absolute atomic E-state index is 11.8. The van der Waals surface area contributed by atoms with Crippen molar-refractivity contribution in [2.75, 3.05) is 0 Å². The van der Waals surface area contributed by atoms with E-state index in [2.05, 4.69) is 0 Å². The van der Waals surface area contributed by atoms with Crippen molar-refractivity contribution in [3.63, 3.8) is 0 Å². The third-order valence-electron chi connectivity index (χ3n) is 3.20. The Kier molecular flexibility index (Phi) is 3.26. The number of aromatic nitrogens is 1. The van der Waals surface area contributed by atoms with Crippen LogP contribution in [-0.2, 0) is 6.54 Å². The molecule has 0 radical (unpaired) electrons. The van der Waals surface area contributed by atoms with Gasteiger partial charge in [0.15, 0.2) is 5.58 Å². The van der Waals surface area contributed by atoms with Gasteiger partial charge in [-0.2, -0.15) is 0 Å². The Bertz CT molecular complexity index is 640. The number of hydrogen-bond donors (Lipinski definition) is 1. The number of thiocarbonyl (C=S) groups is 1. The second-order valence-electron chi connectivity index (χ2n) is 4.99. The highest BCUT2D eigenvalue weighted by molar-refractivity contribution is 7.80. The van der Waals surface area contributed by atoms with Gasteiger partial charge in [0.05, 0.1) is 10.5 Å². The van der Waals surface area contributed by atoms with Crippen molar-refractivity contribution in [3.8, 4) is 0 Å². The molecule has 0 amide bonds. The van der Waals surface area contributed by atoms with Crippen LogP contribution in [0.5, 0.6) is 0 Å². The molecule has 0 unspecified atom stereocenters. The Hall–Kier alpha value is -1.62. The van der Waals surface area contributed by atoms with E-state index in [1.807, 2.05) is 32.0 Å². The summed E-state index contributed by atoms with van der Waals surface area (Å²) in [4.78, 5) is 12.2. The first-order chi connectivity index (χ1) is 8.42. The summed E-state index contributed by atoms with van der Waals surface area (Å²) in [7, 11) is 0. The van der Waals surface area contributed by atoms with E-state index in [1.54, 1.807) is 10.6 Å². The van der Waals surface area contributed by atoms with Crippen LogP contribution in [0.2, 0.25) is 0 Å². The van der Waals surface area contributed by atoms with Crippen LogP contribution in [0, 0.1) is 5.41 Å². The summed E-state index contributed by atoms with van der Waals surface area (Å²) in [5.74, 6) is -0.338. The second-order valence-corrected chi connectivity index (χ2v) is 5.43. The summed E-state index contributed by atoms with van der Waals surface area (Å²) < 4.78 is 6.79. The molecule has 0 bridgehead atoms. The Morgan fingerprint density at radius 1 is 1.44 bits per heavy atom. The van der Waals surface area contributed by atoms with Gasteiger partial charge in [-0.05, 0) is 18.6 Å². The second kappa shape index (κ2) is 4.57. The lowest BCUT2D eigenvalue weighted by Gasteiger charge is -2.22. The molecule has 0 atom stereocenters. The van der Waals surface area contributed by atoms with Gasteiger partial charge in [0.25, 0.3) is 0 Å². The first-order valence-electron chi connectivity index (χ1n) is 5.80. The number of nitrogens with two attached hydrogens (primary N) is 1. The molecule has 2 N–H and O–H groups in total. The van der Waals surface area contributed by atoms with Gasteiger partial charge in [0.1, 0.15) is 0 Å². The van der Waals surface area contributed by atoms with Crippen molar-refractivity contribution >= 4 is 28.3 Å². The van der Waals surface area contributed by atoms with Crippen molar-refractivity contribution in [2.45, 2.75) is 26.8 Å². The number of nitrogens with zero attached hydrogens (tertiary/aromatic N) is 1. The van der Waals surface area contributed by atoms with Gasteiger partial charge in [-0.15, -0.1) is 0 Å². The van der Waals surface area contributed by atoms with E-state index >= 15 is 0 Å². The number of hydrogen-bond acceptors (Lipinski definition) is 3. The van der Waals surface area contributed by atoms with E-state index in [0.717, 1.165) is 5.52 Å². The Labute approximate surface area is 110 Å². The lowest BCUT2D eigenvalue weighted by Crippen LogP contribution is -2.31. The summed E-state index contributed by atoms with van der Waals surface area (Å²) >= 11 is 5.02. The van der Waals surface area contributed by atoms with E-state index < -0.39 is 0 Å². The molecule has 18 heavy (non-hydrogen) atoms. The minimum absolute atomic E-state index is 0.271. The molecule has 0 aliphatic rings. The van der Waals surface area contributed by atoms with Crippen molar-refractivity contribution in [3.05, 3.63) is 34.8 Å². The average molecular weight is 264 g/mol. The Balaban J connectivity index is 2.30. The van der Waals surface area contributed by atoms with E-state index in [4.69, 9.17) is 22.4 Å². The van der Waals surface area contributed by atoms with Crippen molar-refractivity contribution in [1.29, 1.82) is 0 Å². The topological polar surface area (TPSA) is 61.2 Å². The van der Waals surface area contributed by atoms with Crippen LogP contribution in [0.15, 0.2) is 33.5 Å². The van der Waals surface area contributed by atoms with Crippen molar-refractivity contribution in [1.82, 2.24) is 4.57 Å². The molecule has 0 aliphatic heterocycles. The van der Waals surface area contributed by atoms with Gasteiger partial charge in [-0.3, -0.25) is 4.57 Å². The monoisotopic (exact) mass is 264 g/mol. The van der Waals surface area contributed by atoms with Crippen molar-refractivity contribution in [2.24, 2.45) is 11.1 Å². The van der Waals surface area contributed by atoms with E-state index in [0.29, 0.717) is 23.5 Å². The largest absolute Gasteiger partial charge is 0.419 e. The molecule has 0 aliphatic carbocycles. The van der Waals surface area contributed by atoms with Crippen molar-refractivity contribution < 1.29 is 4.42 Å². The number of benzene rings is 1. The fourth-order valence-electron chi connectivity index (χ4n) is 1.74. The van der Waals surface area contributed by atoms with E-state index in [9.17, 15) is 4.79 Å². The van der Waals surface area contributed by atoms with Crippen LogP contribution in [0.3, 0.4) is 0 Å². The normalized spacial score (nSPS) is 11.9. The summed E-state index contributed by atoms with van der Waals surface area (Å²) in [5, 5.41) is 0. The summed E-state index contributed by atoms with van der Waals surface area (Å²) in [6.07, 6.45) is 0.700. The first kappa shape index (κ1) is 12.8. The van der Waals surface area contributed by atoms with Gasteiger partial charge >= 0.3 is 5.76 Å². The van der Waals surface area contributed by atoms with Crippen LogP contribution in [-0.4, -0.2) is 9.56 Å². The zero-order chi connectivity index (χ0) is 13.3. The van der Waals surface area contributed by atoms with Crippen LogP contribution in [0.25, 0.3) is 11.1 Å². The minimum atomic E-state index is -0.338. The molecule has 2 aromatic rings. The molecule has 4 nitrogen and oxygen atoms in total. The Morgan fingerprint density at radius 3 is 2.78 bits per heavy atom. The maximum Gasteiger partial charge on any atom is 0.419 e. The third-order valence-corrected chi connectivity index (χ3v) is 3.75. The Morgan fingerprint density at radius 2 is 2.11 bits per heavy atom. The zero-order valence-corrected chi connectivity index (χ0v) is 11.3. The molecule has 0 fully saturated rings. The number of aryl methyl sites for hydroxylation is 1. The average Bonchev–Trinajstić information content (AvgIpc) is 2.62. The molecular weight excluding hydrogens is 248 g/mol. The van der Waals surface area contributed by atoms with Gasteiger partial charge < -0.3 is 10.2 Å². The highest BCUT2D eigenvalue weighted by Crippen LogP contribution is 2.22. The van der Waals surface area contributed by atoms with Gasteiger partial charge in [0.2, 0.25) is 0 Å². The van der Waals surface area contributed by atoms with E-state index in [-0.39, 0.29) is 11.2 Å². The molecular formula is C13H16N2O2S. The number of rotatable bonds is 4. The van der Waals surface area contributed by atoms with Gasteiger partial charge in [-0.25, -0.2) is 4.79 Å². The quantitative estimate of drug-likeness (QED) is 0.861. The summed E-state index contributed by atoms with van der Waals surface area (Å²) in [6, 6.07) is 7.38. The highest BCUT2D eigenvalue weighted by Gasteiger charge is 2.22. The van der Waals surface area contributed by atoms with Crippen LogP contribution >= 0.6 is 12.2 Å². The molecule has 0 saturated heterocycles. The fourth-order valence-corrected chi connectivity index (χ4v) is 1.84. The lowest BCUT2D eigenvalue weighted by atomic mass is 9.89. The first-order valence-corrected chi connectivity index (χ1v) is 6.21. The summed E-state index contributed by atoms with van der Waals surface area (Å²) in [6.45, 7) is 4.49. The molecule has 0 spiro atoms. The molecule has 1 aromatic heterocycles. The number of oxazole rings is 1. The number of fused-ring (bicyclic) bond motifs is 1. The lowest BCUT2D eigenvalue weighted by molar-refractivity contribution is 0.415. The van der Waals surface area contributed by atoms with Crippen LogP contribution in [0.4, 0.5) is 0 Å². The highest BCUT2D eigenvalue weighted by atomic mass is 32.1. The standard InChI is InChI=1S/C13H16N2O2S/c1-13(2,11(14)18)7-8-15-9-5-3-4-6-10(9)17-12(15)16/h3-6H,7-8H2,1-2H3,(H2,14,18). The van der Waals surface area contributed by atoms with Gasteiger partial charge in [0, 0.05) is 12.0 Å². The molecule has 96 valence electrons. The SMILES string of the molecule is CC(C)(CCn1c(=O)oc2ccccc21)C(N)=S. The van der Waals surface area contributed by atoms with Crippen LogP contribution < -0.4 is 11.5 Å². The predicted octanol–water partition coefficient (Wildman–Crippen LogP) is 2.30. The molecule has 0 saturated carbocycles.